The summed E-state index contributed by atoms with van der Waals surface area (Å²) < 4.78 is 1.57. The molecular formula is C11H12NO2+. The number of hydrogen-bond acceptors (Lipinski definition) is 2. The van der Waals surface area contributed by atoms with Crippen LogP contribution in [0.2, 0.25) is 0 Å². The Morgan fingerprint density at radius 1 is 1.21 bits per heavy atom. The first-order valence-corrected chi connectivity index (χ1v) is 4.41. The molecule has 1 aromatic carbocycles. The normalized spacial score (nSPS) is 10.7. The molecule has 0 atom stereocenters. The zero-order valence-electron chi connectivity index (χ0n) is 8.15. The molecule has 2 N–H and O–H groups in total. The molecule has 0 aliphatic heterocycles. The van der Waals surface area contributed by atoms with Crippen molar-refractivity contribution in [3.8, 4) is 11.6 Å². The molecule has 0 radical (unpaired) electrons. The lowest BCUT2D eigenvalue weighted by Crippen LogP contribution is -2.29. The molecule has 1 heterocycles. The van der Waals surface area contributed by atoms with E-state index in [1.807, 2.05) is 25.1 Å². The number of benzene rings is 1. The van der Waals surface area contributed by atoms with Gasteiger partial charge in [0.1, 0.15) is 7.05 Å². The molecular weight excluding hydrogens is 178 g/mol. The van der Waals surface area contributed by atoms with E-state index in [0.29, 0.717) is 0 Å². The van der Waals surface area contributed by atoms with Crippen LogP contribution < -0.4 is 4.57 Å². The van der Waals surface area contributed by atoms with E-state index in [2.05, 4.69) is 0 Å². The molecule has 0 aliphatic rings. The standard InChI is InChI=1S/C11H11NO2/c1-7-4-3-5-9-8(7)6-10(13)11(14)12(9)2/h3-6,13H,1-2H3/p+1. The molecule has 0 unspecified atom stereocenters. The van der Waals surface area contributed by atoms with Gasteiger partial charge in [0, 0.05) is 12.1 Å². The van der Waals surface area contributed by atoms with Crippen LogP contribution in [0.15, 0.2) is 24.3 Å². The summed E-state index contributed by atoms with van der Waals surface area (Å²) in [6.07, 6.45) is 0. The molecule has 0 saturated carbocycles. The highest BCUT2D eigenvalue weighted by molar-refractivity contribution is 5.81. The van der Waals surface area contributed by atoms with Crippen LogP contribution in [0.1, 0.15) is 5.56 Å². The van der Waals surface area contributed by atoms with Crippen molar-refractivity contribution in [1.82, 2.24) is 0 Å². The van der Waals surface area contributed by atoms with Gasteiger partial charge >= 0.3 is 5.88 Å². The van der Waals surface area contributed by atoms with E-state index in [1.165, 1.54) is 0 Å². The van der Waals surface area contributed by atoms with E-state index in [4.69, 9.17) is 0 Å². The van der Waals surface area contributed by atoms with E-state index in [1.54, 1.807) is 17.7 Å². The minimum absolute atomic E-state index is 0.0886. The van der Waals surface area contributed by atoms with Gasteiger partial charge < -0.3 is 10.2 Å². The Bertz CT molecular complexity index is 506. The molecule has 0 amide bonds. The number of aromatic nitrogens is 1. The van der Waals surface area contributed by atoms with E-state index in [9.17, 15) is 10.2 Å². The Labute approximate surface area is 81.9 Å². The van der Waals surface area contributed by atoms with Crippen molar-refractivity contribution < 1.29 is 14.8 Å². The molecule has 0 saturated heterocycles. The summed E-state index contributed by atoms with van der Waals surface area (Å²) in [4.78, 5) is 0. The van der Waals surface area contributed by atoms with Crippen LogP contribution in [0.25, 0.3) is 10.9 Å². The molecule has 2 rings (SSSR count). The summed E-state index contributed by atoms with van der Waals surface area (Å²) in [6, 6.07) is 7.38. The van der Waals surface area contributed by atoms with E-state index in [0.717, 1.165) is 16.5 Å². The fourth-order valence-electron chi connectivity index (χ4n) is 1.63. The lowest BCUT2D eigenvalue weighted by Gasteiger charge is -2.02. The Kier molecular flexibility index (Phi) is 1.81. The monoisotopic (exact) mass is 190 g/mol. The molecule has 72 valence electrons. The van der Waals surface area contributed by atoms with Gasteiger partial charge in [0.25, 0.3) is 0 Å². The van der Waals surface area contributed by atoms with Gasteiger partial charge in [0.15, 0.2) is 0 Å². The van der Waals surface area contributed by atoms with Gasteiger partial charge in [-0.3, -0.25) is 0 Å². The third kappa shape index (κ3) is 1.09. The number of nitrogens with zero attached hydrogens (tertiary/aromatic N) is 1. The average Bonchev–Trinajstić information content (AvgIpc) is 2.17. The Morgan fingerprint density at radius 2 is 1.93 bits per heavy atom. The third-order valence-corrected chi connectivity index (χ3v) is 2.49. The first-order chi connectivity index (χ1) is 6.61. The topological polar surface area (TPSA) is 44.3 Å². The molecule has 1 aromatic heterocycles. The molecule has 0 fully saturated rings. The third-order valence-electron chi connectivity index (χ3n) is 2.49. The largest absolute Gasteiger partial charge is 0.500 e. The maximum Gasteiger partial charge on any atom is 0.409 e. The zero-order chi connectivity index (χ0) is 10.3. The van der Waals surface area contributed by atoms with Crippen LogP contribution in [0.3, 0.4) is 0 Å². The summed E-state index contributed by atoms with van der Waals surface area (Å²) in [5.41, 5.74) is 1.98. The number of fused-ring (bicyclic) bond motifs is 1. The Morgan fingerprint density at radius 3 is 2.64 bits per heavy atom. The molecule has 0 spiro atoms. The van der Waals surface area contributed by atoms with Gasteiger partial charge in [-0.2, -0.15) is 4.57 Å². The van der Waals surface area contributed by atoms with Crippen molar-refractivity contribution in [2.24, 2.45) is 7.05 Å². The van der Waals surface area contributed by atoms with E-state index in [-0.39, 0.29) is 11.6 Å². The number of aromatic hydroxyl groups is 2. The van der Waals surface area contributed by atoms with Gasteiger partial charge in [-0.05, 0) is 12.5 Å². The van der Waals surface area contributed by atoms with Crippen molar-refractivity contribution in [2.45, 2.75) is 6.92 Å². The minimum Gasteiger partial charge on any atom is -0.500 e. The SMILES string of the molecule is Cc1cccc2c1cc(O)c(O)[n+]2C. The fourth-order valence-corrected chi connectivity index (χ4v) is 1.63. The average molecular weight is 190 g/mol. The molecule has 0 aliphatic carbocycles. The lowest BCUT2D eigenvalue weighted by molar-refractivity contribution is -0.652. The number of rotatable bonds is 0. The Balaban J connectivity index is 2.98. The van der Waals surface area contributed by atoms with Crippen LogP contribution in [0.5, 0.6) is 11.6 Å². The number of pyridine rings is 1. The van der Waals surface area contributed by atoms with Crippen molar-refractivity contribution in [2.75, 3.05) is 0 Å². The van der Waals surface area contributed by atoms with Crippen molar-refractivity contribution >= 4 is 10.9 Å². The lowest BCUT2D eigenvalue weighted by atomic mass is 10.1. The predicted molar refractivity (Wildman–Crippen MR) is 53.2 cm³/mol. The number of aryl methyl sites for hydroxylation is 2. The highest BCUT2D eigenvalue weighted by Crippen LogP contribution is 2.26. The summed E-state index contributed by atoms with van der Waals surface area (Å²) >= 11 is 0. The predicted octanol–water partition coefficient (Wildman–Crippen LogP) is 1.38. The Hall–Kier alpha value is -1.77. The van der Waals surface area contributed by atoms with Gasteiger partial charge in [0.05, 0.1) is 5.39 Å². The molecule has 14 heavy (non-hydrogen) atoms. The van der Waals surface area contributed by atoms with Gasteiger partial charge in [0.2, 0.25) is 11.3 Å². The quantitative estimate of drug-likeness (QED) is 0.616. The van der Waals surface area contributed by atoms with E-state index >= 15 is 0 Å². The van der Waals surface area contributed by atoms with Crippen LogP contribution in [-0.4, -0.2) is 10.2 Å². The number of hydrogen-bond donors (Lipinski definition) is 2. The summed E-state index contributed by atoms with van der Waals surface area (Å²) in [6.45, 7) is 1.97. The van der Waals surface area contributed by atoms with Gasteiger partial charge in [-0.25, -0.2) is 0 Å². The first-order valence-electron chi connectivity index (χ1n) is 4.41. The van der Waals surface area contributed by atoms with Crippen LogP contribution in [0, 0.1) is 6.92 Å². The molecule has 3 nitrogen and oxygen atoms in total. The van der Waals surface area contributed by atoms with Crippen LogP contribution in [0.4, 0.5) is 0 Å². The smallest absolute Gasteiger partial charge is 0.409 e. The maximum atomic E-state index is 9.51. The van der Waals surface area contributed by atoms with Crippen molar-refractivity contribution in [3.63, 3.8) is 0 Å². The molecule has 0 bridgehead atoms. The van der Waals surface area contributed by atoms with Crippen molar-refractivity contribution in [3.05, 3.63) is 29.8 Å². The highest BCUT2D eigenvalue weighted by Gasteiger charge is 2.16. The maximum absolute atomic E-state index is 9.51. The van der Waals surface area contributed by atoms with Gasteiger partial charge in [-0.15, -0.1) is 0 Å². The zero-order valence-corrected chi connectivity index (χ0v) is 8.15. The van der Waals surface area contributed by atoms with Crippen molar-refractivity contribution in [1.29, 1.82) is 0 Å². The summed E-state index contributed by atoms with van der Waals surface area (Å²) in [7, 11) is 1.72. The second-order valence-electron chi connectivity index (χ2n) is 3.42. The van der Waals surface area contributed by atoms with E-state index < -0.39 is 0 Å². The van der Waals surface area contributed by atoms with Crippen LogP contribution in [-0.2, 0) is 7.05 Å². The molecule has 3 heteroatoms. The fraction of sp³-hybridized carbons (Fsp3) is 0.182. The second kappa shape index (κ2) is 2.87. The minimum atomic E-state index is -0.108. The molecule has 2 aromatic rings. The van der Waals surface area contributed by atoms with Gasteiger partial charge in [-0.1, -0.05) is 12.1 Å². The highest BCUT2D eigenvalue weighted by atomic mass is 16.3. The second-order valence-corrected chi connectivity index (χ2v) is 3.42. The first kappa shape index (κ1) is 8.81. The summed E-state index contributed by atoms with van der Waals surface area (Å²) in [5.74, 6) is -0.197. The van der Waals surface area contributed by atoms with Crippen LogP contribution >= 0.6 is 0 Å². The summed E-state index contributed by atoms with van der Waals surface area (Å²) in [5, 5.41) is 19.9.